The van der Waals surface area contributed by atoms with Crippen molar-refractivity contribution in [3.05, 3.63) is 29.8 Å². The minimum Gasteiger partial charge on any atom is -0.339 e. The standard InChI is InChI=1S/C15H22N2OS/c1-16-11-12-7-9-17(10-8-12)15(18)13-5-3-4-6-14(13)19-2/h3-6,12,16H,7-11H2,1-2H3. The number of likely N-dealkylation sites (tertiary alicyclic amines) is 1. The Morgan fingerprint density at radius 2 is 2.05 bits per heavy atom. The molecule has 1 N–H and O–H groups in total. The molecule has 0 spiro atoms. The van der Waals surface area contributed by atoms with Gasteiger partial charge in [0.1, 0.15) is 0 Å². The number of hydrogen-bond acceptors (Lipinski definition) is 3. The lowest BCUT2D eigenvalue weighted by Gasteiger charge is -2.32. The summed E-state index contributed by atoms with van der Waals surface area (Å²) in [5, 5.41) is 3.22. The van der Waals surface area contributed by atoms with E-state index in [2.05, 4.69) is 5.32 Å². The van der Waals surface area contributed by atoms with Crippen molar-refractivity contribution in [2.45, 2.75) is 17.7 Å². The van der Waals surface area contributed by atoms with Gasteiger partial charge >= 0.3 is 0 Å². The topological polar surface area (TPSA) is 32.3 Å². The van der Waals surface area contributed by atoms with Gasteiger partial charge in [0.15, 0.2) is 0 Å². The first kappa shape index (κ1) is 14.4. The predicted octanol–water partition coefficient (Wildman–Crippen LogP) is 2.48. The first-order valence-corrected chi connectivity index (χ1v) is 8.05. The van der Waals surface area contributed by atoms with E-state index >= 15 is 0 Å². The summed E-state index contributed by atoms with van der Waals surface area (Å²) >= 11 is 1.64. The fourth-order valence-electron chi connectivity index (χ4n) is 2.62. The van der Waals surface area contributed by atoms with Crippen LogP contribution in [0.5, 0.6) is 0 Å². The fourth-order valence-corrected chi connectivity index (χ4v) is 3.21. The molecule has 0 atom stereocenters. The molecule has 3 nitrogen and oxygen atoms in total. The maximum atomic E-state index is 12.5. The third-order valence-electron chi connectivity index (χ3n) is 3.73. The van der Waals surface area contributed by atoms with Gasteiger partial charge in [-0.05, 0) is 50.7 Å². The number of carbonyl (C=O) groups excluding carboxylic acids is 1. The number of carbonyl (C=O) groups is 1. The van der Waals surface area contributed by atoms with Gasteiger partial charge in [0.2, 0.25) is 0 Å². The number of hydrogen-bond donors (Lipinski definition) is 1. The maximum absolute atomic E-state index is 12.5. The summed E-state index contributed by atoms with van der Waals surface area (Å²) in [4.78, 5) is 15.6. The van der Waals surface area contributed by atoms with Gasteiger partial charge in [0.05, 0.1) is 5.56 Å². The lowest BCUT2D eigenvalue weighted by atomic mass is 9.96. The van der Waals surface area contributed by atoms with Crippen molar-refractivity contribution in [1.82, 2.24) is 10.2 Å². The molecule has 104 valence electrons. The zero-order valence-corrected chi connectivity index (χ0v) is 12.5. The van der Waals surface area contributed by atoms with E-state index in [1.165, 1.54) is 0 Å². The molecule has 0 radical (unpaired) electrons. The largest absolute Gasteiger partial charge is 0.339 e. The molecule has 0 aromatic heterocycles. The fraction of sp³-hybridized carbons (Fsp3) is 0.533. The van der Waals surface area contributed by atoms with Gasteiger partial charge in [-0.15, -0.1) is 11.8 Å². The summed E-state index contributed by atoms with van der Waals surface area (Å²) in [6.07, 6.45) is 4.23. The van der Waals surface area contributed by atoms with Gasteiger partial charge in [0, 0.05) is 18.0 Å². The van der Waals surface area contributed by atoms with Crippen molar-refractivity contribution in [2.24, 2.45) is 5.92 Å². The Kier molecular flexibility index (Phi) is 5.28. The second-order valence-electron chi connectivity index (χ2n) is 4.99. The van der Waals surface area contributed by atoms with Crippen molar-refractivity contribution in [3.8, 4) is 0 Å². The second kappa shape index (κ2) is 6.96. The number of amides is 1. The minimum absolute atomic E-state index is 0.188. The first-order chi connectivity index (χ1) is 9.26. The lowest BCUT2D eigenvalue weighted by Crippen LogP contribution is -2.40. The van der Waals surface area contributed by atoms with Crippen LogP contribution in [0.15, 0.2) is 29.2 Å². The first-order valence-electron chi connectivity index (χ1n) is 6.83. The number of nitrogens with one attached hydrogen (secondary N) is 1. The molecule has 1 aromatic rings. The van der Waals surface area contributed by atoms with Crippen LogP contribution >= 0.6 is 11.8 Å². The van der Waals surface area contributed by atoms with Gasteiger partial charge in [-0.2, -0.15) is 0 Å². The third kappa shape index (κ3) is 3.51. The van der Waals surface area contributed by atoms with Crippen molar-refractivity contribution in [2.75, 3.05) is 32.9 Å². The lowest BCUT2D eigenvalue weighted by molar-refractivity contribution is 0.0687. The van der Waals surface area contributed by atoms with Crippen LogP contribution in [0.4, 0.5) is 0 Å². The highest BCUT2D eigenvalue weighted by Crippen LogP contribution is 2.24. The predicted molar refractivity (Wildman–Crippen MR) is 80.8 cm³/mol. The Labute approximate surface area is 119 Å². The molecular weight excluding hydrogens is 256 g/mol. The van der Waals surface area contributed by atoms with E-state index in [-0.39, 0.29) is 5.91 Å². The van der Waals surface area contributed by atoms with Crippen molar-refractivity contribution in [3.63, 3.8) is 0 Å². The van der Waals surface area contributed by atoms with Gasteiger partial charge in [-0.1, -0.05) is 12.1 Å². The summed E-state index contributed by atoms with van der Waals surface area (Å²) < 4.78 is 0. The summed E-state index contributed by atoms with van der Waals surface area (Å²) in [5.41, 5.74) is 0.849. The highest BCUT2D eigenvalue weighted by molar-refractivity contribution is 7.98. The average molecular weight is 278 g/mol. The Bertz CT molecular complexity index is 428. The number of rotatable bonds is 4. The molecule has 0 saturated carbocycles. The van der Waals surface area contributed by atoms with Crippen LogP contribution in [0.2, 0.25) is 0 Å². The zero-order chi connectivity index (χ0) is 13.7. The monoisotopic (exact) mass is 278 g/mol. The van der Waals surface area contributed by atoms with E-state index in [1.807, 2.05) is 42.5 Å². The molecular formula is C15H22N2OS. The van der Waals surface area contributed by atoms with E-state index in [1.54, 1.807) is 11.8 Å². The molecule has 1 fully saturated rings. The molecule has 1 heterocycles. The Morgan fingerprint density at radius 3 is 2.68 bits per heavy atom. The van der Waals surface area contributed by atoms with E-state index in [9.17, 15) is 4.79 Å². The SMILES string of the molecule is CNCC1CCN(C(=O)c2ccccc2SC)CC1. The number of nitrogens with zero attached hydrogens (tertiary/aromatic N) is 1. The van der Waals surface area contributed by atoms with Gasteiger partial charge in [0.25, 0.3) is 5.91 Å². The molecule has 19 heavy (non-hydrogen) atoms. The molecule has 1 aromatic carbocycles. The maximum Gasteiger partial charge on any atom is 0.254 e. The zero-order valence-electron chi connectivity index (χ0n) is 11.7. The third-order valence-corrected chi connectivity index (χ3v) is 4.53. The average Bonchev–Trinajstić information content (AvgIpc) is 2.47. The Balaban J connectivity index is 2.01. The van der Waals surface area contributed by atoms with Crippen LogP contribution < -0.4 is 5.32 Å². The second-order valence-corrected chi connectivity index (χ2v) is 5.84. The summed E-state index contributed by atoms with van der Waals surface area (Å²) in [5.74, 6) is 0.901. The Hall–Kier alpha value is -1.00. The molecule has 0 bridgehead atoms. The van der Waals surface area contributed by atoms with E-state index in [0.717, 1.165) is 42.9 Å². The Morgan fingerprint density at radius 1 is 1.37 bits per heavy atom. The van der Waals surface area contributed by atoms with E-state index in [4.69, 9.17) is 0 Å². The smallest absolute Gasteiger partial charge is 0.254 e. The molecule has 4 heteroatoms. The normalized spacial score (nSPS) is 16.6. The van der Waals surface area contributed by atoms with E-state index in [0.29, 0.717) is 5.92 Å². The minimum atomic E-state index is 0.188. The van der Waals surface area contributed by atoms with Gasteiger partial charge in [-0.3, -0.25) is 4.79 Å². The van der Waals surface area contributed by atoms with Crippen molar-refractivity contribution >= 4 is 17.7 Å². The van der Waals surface area contributed by atoms with E-state index < -0.39 is 0 Å². The van der Waals surface area contributed by atoms with Gasteiger partial charge < -0.3 is 10.2 Å². The molecule has 1 aliphatic heterocycles. The summed E-state index contributed by atoms with van der Waals surface area (Å²) in [6.45, 7) is 2.82. The highest BCUT2D eigenvalue weighted by atomic mass is 32.2. The number of benzene rings is 1. The van der Waals surface area contributed by atoms with Crippen LogP contribution in [0.3, 0.4) is 0 Å². The van der Waals surface area contributed by atoms with Crippen LogP contribution in [0.25, 0.3) is 0 Å². The van der Waals surface area contributed by atoms with Crippen LogP contribution in [0.1, 0.15) is 23.2 Å². The number of piperidine rings is 1. The van der Waals surface area contributed by atoms with Crippen molar-refractivity contribution in [1.29, 1.82) is 0 Å². The molecule has 0 aliphatic carbocycles. The van der Waals surface area contributed by atoms with Crippen LogP contribution in [-0.4, -0.2) is 43.7 Å². The summed E-state index contributed by atoms with van der Waals surface area (Å²) in [7, 11) is 1.99. The molecule has 1 amide bonds. The van der Waals surface area contributed by atoms with Crippen LogP contribution in [-0.2, 0) is 0 Å². The molecule has 2 rings (SSSR count). The van der Waals surface area contributed by atoms with Gasteiger partial charge in [-0.25, -0.2) is 0 Å². The molecule has 1 saturated heterocycles. The highest BCUT2D eigenvalue weighted by Gasteiger charge is 2.24. The molecule has 0 unspecified atom stereocenters. The van der Waals surface area contributed by atoms with Crippen molar-refractivity contribution < 1.29 is 4.79 Å². The summed E-state index contributed by atoms with van der Waals surface area (Å²) in [6, 6.07) is 7.89. The number of thioether (sulfide) groups is 1. The van der Waals surface area contributed by atoms with Crippen LogP contribution in [0, 0.1) is 5.92 Å². The molecule has 1 aliphatic rings. The quantitative estimate of drug-likeness (QED) is 0.859.